The molecule has 174 valence electrons. The van der Waals surface area contributed by atoms with Crippen molar-refractivity contribution in [3.63, 3.8) is 0 Å². The number of rotatable bonds is 10. The maximum absolute atomic E-state index is 13.6. The first-order valence-electron chi connectivity index (χ1n) is 11.5. The van der Waals surface area contributed by atoms with E-state index in [1.165, 1.54) is 6.42 Å². The van der Waals surface area contributed by atoms with Gasteiger partial charge in [-0.05, 0) is 74.9 Å². The summed E-state index contributed by atoms with van der Waals surface area (Å²) in [5.41, 5.74) is 1.90. The van der Waals surface area contributed by atoms with Crippen molar-refractivity contribution in [2.45, 2.75) is 38.8 Å². The van der Waals surface area contributed by atoms with Crippen molar-refractivity contribution in [2.75, 3.05) is 33.4 Å². The molecule has 3 saturated heterocycles. The molecule has 2 bridgehead atoms. The zero-order valence-corrected chi connectivity index (χ0v) is 20.1. The van der Waals surface area contributed by atoms with Crippen LogP contribution in [0.5, 0.6) is 5.75 Å². The Bertz CT molecular complexity index is 990. The van der Waals surface area contributed by atoms with Gasteiger partial charge in [-0.2, -0.15) is 0 Å². The summed E-state index contributed by atoms with van der Waals surface area (Å²) in [7, 11) is -1.84. The molecule has 1 aromatic carbocycles. The number of fused-ring (bicyclic) bond motifs is 4. The summed E-state index contributed by atoms with van der Waals surface area (Å²) in [6.45, 7) is 10.3. The molecule has 8 heteroatoms. The number of aromatic nitrogens is 1. The van der Waals surface area contributed by atoms with Crippen LogP contribution in [0.3, 0.4) is 0 Å². The van der Waals surface area contributed by atoms with E-state index in [2.05, 4.69) is 27.6 Å². The van der Waals surface area contributed by atoms with Gasteiger partial charge in [-0.3, -0.25) is 18.9 Å². The SMILES string of the molecule is C=CC1CN2CCC1CC2[C@@H](NP(=O)(OCC)OCC)c1ccnc2ccc(OC)cc12. The van der Waals surface area contributed by atoms with E-state index in [0.717, 1.165) is 41.7 Å². The maximum Gasteiger partial charge on any atom is 0.406 e. The highest BCUT2D eigenvalue weighted by molar-refractivity contribution is 7.51. The molecule has 3 aliphatic rings. The van der Waals surface area contributed by atoms with E-state index in [0.29, 0.717) is 25.0 Å². The molecule has 3 aliphatic heterocycles. The highest BCUT2D eigenvalue weighted by Gasteiger charge is 2.45. The van der Waals surface area contributed by atoms with Crippen LogP contribution in [-0.2, 0) is 13.6 Å². The van der Waals surface area contributed by atoms with E-state index in [4.69, 9.17) is 13.8 Å². The van der Waals surface area contributed by atoms with Gasteiger partial charge in [0.25, 0.3) is 0 Å². The largest absolute Gasteiger partial charge is 0.497 e. The van der Waals surface area contributed by atoms with Crippen LogP contribution in [0.1, 0.15) is 38.3 Å². The van der Waals surface area contributed by atoms with Crippen molar-refractivity contribution in [1.29, 1.82) is 0 Å². The lowest BCUT2D eigenvalue weighted by atomic mass is 9.73. The summed E-state index contributed by atoms with van der Waals surface area (Å²) in [6.07, 6.45) is 6.07. The van der Waals surface area contributed by atoms with Gasteiger partial charge in [0.2, 0.25) is 0 Å². The minimum Gasteiger partial charge on any atom is -0.497 e. The Hall–Kier alpha value is -1.76. The fourth-order valence-electron chi connectivity index (χ4n) is 5.25. The van der Waals surface area contributed by atoms with Crippen LogP contribution in [0.15, 0.2) is 43.1 Å². The van der Waals surface area contributed by atoms with E-state index in [9.17, 15) is 4.57 Å². The molecule has 0 spiro atoms. The summed E-state index contributed by atoms with van der Waals surface area (Å²) in [5, 5.41) is 4.32. The highest BCUT2D eigenvalue weighted by atomic mass is 31.2. The van der Waals surface area contributed by atoms with Crippen LogP contribution in [-0.4, -0.2) is 49.3 Å². The van der Waals surface area contributed by atoms with Crippen molar-refractivity contribution in [3.8, 4) is 5.75 Å². The third-order valence-corrected chi connectivity index (χ3v) is 8.54. The molecule has 1 aromatic heterocycles. The number of pyridine rings is 1. The zero-order valence-electron chi connectivity index (χ0n) is 19.2. The molecule has 3 fully saturated rings. The number of ether oxygens (including phenoxy) is 1. The molecule has 0 amide bonds. The Balaban J connectivity index is 1.79. The average molecular weight is 460 g/mol. The summed E-state index contributed by atoms with van der Waals surface area (Å²) >= 11 is 0. The van der Waals surface area contributed by atoms with Gasteiger partial charge in [-0.25, -0.2) is 9.65 Å². The number of nitrogens with zero attached hydrogens (tertiary/aromatic N) is 2. The first-order valence-corrected chi connectivity index (χ1v) is 13.0. The normalized spacial score (nSPS) is 26.2. The number of piperidine rings is 3. The zero-order chi connectivity index (χ0) is 22.7. The van der Waals surface area contributed by atoms with Crippen molar-refractivity contribution >= 4 is 18.6 Å². The van der Waals surface area contributed by atoms with E-state index >= 15 is 0 Å². The van der Waals surface area contributed by atoms with Gasteiger partial charge in [0.05, 0.1) is 31.9 Å². The first-order chi connectivity index (χ1) is 15.5. The lowest BCUT2D eigenvalue weighted by Gasteiger charge is -2.52. The Morgan fingerprint density at radius 2 is 2.09 bits per heavy atom. The lowest BCUT2D eigenvalue weighted by Crippen LogP contribution is -2.56. The van der Waals surface area contributed by atoms with Gasteiger partial charge in [-0.15, -0.1) is 6.58 Å². The molecule has 1 N–H and O–H groups in total. The van der Waals surface area contributed by atoms with Crippen molar-refractivity contribution in [3.05, 3.63) is 48.7 Å². The van der Waals surface area contributed by atoms with Gasteiger partial charge in [-0.1, -0.05) is 6.08 Å². The second-order valence-corrected chi connectivity index (χ2v) is 10.2. The van der Waals surface area contributed by atoms with Gasteiger partial charge >= 0.3 is 7.75 Å². The van der Waals surface area contributed by atoms with Crippen LogP contribution >= 0.6 is 7.75 Å². The maximum atomic E-state index is 13.6. The van der Waals surface area contributed by atoms with Crippen molar-refractivity contribution < 1.29 is 18.3 Å². The number of hydrogen-bond donors (Lipinski definition) is 1. The molecule has 0 aliphatic carbocycles. The predicted molar refractivity (Wildman–Crippen MR) is 127 cm³/mol. The van der Waals surface area contributed by atoms with Crippen molar-refractivity contribution in [2.24, 2.45) is 11.8 Å². The number of nitrogens with one attached hydrogen (secondary N) is 1. The molecule has 4 unspecified atom stereocenters. The Morgan fingerprint density at radius 1 is 1.31 bits per heavy atom. The number of benzene rings is 1. The fraction of sp³-hybridized carbons (Fsp3) is 0.542. The fourth-order valence-corrected chi connectivity index (χ4v) is 6.81. The Labute approximate surface area is 190 Å². The lowest BCUT2D eigenvalue weighted by molar-refractivity contribution is 0.00315. The minimum absolute atomic E-state index is 0.163. The van der Waals surface area contributed by atoms with Crippen LogP contribution in [0.25, 0.3) is 10.9 Å². The Kier molecular flexibility index (Phi) is 7.33. The topological polar surface area (TPSA) is 72.9 Å². The summed E-state index contributed by atoms with van der Waals surface area (Å²) < 4.78 is 30.4. The summed E-state index contributed by atoms with van der Waals surface area (Å²) in [5.74, 6) is 1.84. The molecule has 5 rings (SSSR count). The number of methoxy groups -OCH3 is 1. The molecule has 0 radical (unpaired) electrons. The van der Waals surface area contributed by atoms with Crippen LogP contribution in [0.4, 0.5) is 0 Å². The Morgan fingerprint density at radius 3 is 2.72 bits per heavy atom. The minimum atomic E-state index is -3.50. The molecule has 7 nitrogen and oxygen atoms in total. The highest BCUT2D eigenvalue weighted by Crippen LogP contribution is 2.50. The van der Waals surface area contributed by atoms with Crippen LogP contribution < -0.4 is 9.82 Å². The van der Waals surface area contributed by atoms with Gasteiger partial charge in [0, 0.05) is 24.2 Å². The van der Waals surface area contributed by atoms with Gasteiger partial charge in [0.1, 0.15) is 5.75 Å². The molecule has 32 heavy (non-hydrogen) atoms. The molecular weight excluding hydrogens is 425 g/mol. The molecule has 0 saturated carbocycles. The smallest absolute Gasteiger partial charge is 0.406 e. The molecule has 5 atom stereocenters. The van der Waals surface area contributed by atoms with Crippen molar-refractivity contribution in [1.82, 2.24) is 15.0 Å². The monoisotopic (exact) mass is 459 g/mol. The summed E-state index contributed by atoms with van der Waals surface area (Å²) in [6, 6.07) is 7.80. The quantitative estimate of drug-likeness (QED) is 0.398. The predicted octanol–water partition coefficient (Wildman–Crippen LogP) is 4.95. The second-order valence-electron chi connectivity index (χ2n) is 8.47. The summed E-state index contributed by atoms with van der Waals surface area (Å²) in [4.78, 5) is 7.04. The molecule has 2 aromatic rings. The van der Waals surface area contributed by atoms with Crippen LogP contribution in [0.2, 0.25) is 0 Å². The average Bonchev–Trinajstić information content (AvgIpc) is 2.82. The standard InChI is InChI=1S/C24H34N3O4P/c1-5-17-16-27-13-11-18(17)14-23(27)24(26-32(28,30-6-2)31-7-3)20-10-12-25-22-9-8-19(29-4)15-21(20)22/h5,8-10,12,15,17-18,23-24H,1,6-7,11,13-14,16H2,2-4H3,(H,26,28)/t17?,18?,23?,24-/m0/s1. The van der Waals surface area contributed by atoms with E-state index < -0.39 is 7.75 Å². The van der Waals surface area contributed by atoms with E-state index in [1.807, 2.05) is 44.3 Å². The van der Waals surface area contributed by atoms with Gasteiger partial charge in [0.15, 0.2) is 0 Å². The number of hydrogen-bond acceptors (Lipinski definition) is 6. The molecule has 4 heterocycles. The van der Waals surface area contributed by atoms with Crippen LogP contribution in [0, 0.1) is 11.8 Å². The second kappa shape index (κ2) is 10.0. The van der Waals surface area contributed by atoms with Gasteiger partial charge < -0.3 is 4.74 Å². The van der Waals surface area contributed by atoms with E-state index in [-0.39, 0.29) is 12.1 Å². The third-order valence-electron chi connectivity index (χ3n) is 6.75. The van der Waals surface area contributed by atoms with E-state index in [1.54, 1.807) is 7.11 Å². The third kappa shape index (κ3) is 4.63. The molecular formula is C24H34N3O4P. The first kappa shape index (κ1) is 23.4.